The van der Waals surface area contributed by atoms with Crippen molar-refractivity contribution in [3.8, 4) is 0 Å². The van der Waals surface area contributed by atoms with E-state index in [1.165, 1.54) is 6.92 Å². The predicted octanol–water partition coefficient (Wildman–Crippen LogP) is 4.24. The topological polar surface area (TPSA) is 81.1 Å². The Bertz CT molecular complexity index is 1050. The van der Waals surface area contributed by atoms with Gasteiger partial charge in [0.1, 0.15) is 17.7 Å². The quantitative estimate of drug-likeness (QED) is 0.505. The summed E-state index contributed by atoms with van der Waals surface area (Å²) in [6.07, 6.45) is 1.43. The van der Waals surface area contributed by atoms with Crippen molar-refractivity contribution in [3.05, 3.63) is 30.0 Å². The van der Waals surface area contributed by atoms with Crippen molar-refractivity contribution in [2.45, 2.75) is 66.2 Å². The monoisotopic (exact) mass is 457 g/mol. The van der Waals surface area contributed by atoms with Gasteiger partial charge in [0.25, 0.3) is 0 Å². The van der Waals surface area contributed by atoms with Gasteiger partial charge in [-0.05, 0) is 66.7 Å². The van der Waals surface area contributed by atoms with Crippen molar-refractivity contribution in [3.63, 3.8) is 0 Å². The smallest absolute Gasteiger partial charge is 0.410 e. The van der Waals surface area contributed by atoms with Crippen molar-refractivity contribution in [1.82, 2.24) is 9.47 Å². The number of aromatic nitrogens is 1. The molecule has 1 fully saturated rings. The number of carbonyl (C=O) groups is 3. The van der Waals surface area contributed by atoms with E-state index in [9.17, 15) is 14.4 Å². The number of ether oxygens (including phenoxy) is 2. The zero-order valence-corrected chi connectivity index (χ0v) is 20.7. The normalized spacial score (nSPS) is 15.0. The summed E-state index contributed by atoms with van der Waals surface area (Å²) in [6.45, 7) is 15.1. The molecule has 0 atom stereocenters. The highest BCUT2D eigenvalue weighted by atomic mass is 16.6. The van der Waals surface area contributed by atoms with Gasteiger partial charge in [0, 0.05) is 54.5 Å². The van der Waals surface area contributed by atoms with Crippen LogP contribution >= 0.6 is 0 Å². The van der Waals surface area contributed by atoms with Gasteiger partial charge in [-0.2, -0.15) is 0 Å². The fraction of sp³-hybridized carbons (Fsp3) is 0.560. The van der Waals surface area contributed by atoms with Crippen molar-refractivity contribution >= 4 is 34.4 Å². The number of rotatable bonds is 4. The Labute approximate surface area is 195 Å². The number of piperazine rings is 1. The summed E-state index contributed by atoms with van der Waals surface area (Å²) in [6, 6.07) is 5.91. The van der Waals surface area contributed by atoms with E-state index in [1.54, 1.807) is 15.7 Å². The molecule has 1 aromatic heterocycles. The fourth-order valence-corrected chi connectivity index (χ4v) is 3.88. The molecule has 0 N–H and O–H groups in total. The van der Waals surface area contributed by atoms with Gasteiger partial charge < -0.3 is 23.8 Å². The summed E-state index contributed by atoms with van der Waals surface area (Å²) in [5.74, 6) is -0.410. The maximum atomic E-state index is 12.4. The second kappa shape index (κ2) is 9.08. The lowest BCUT2D eigenvalue weighted by atomic mass is 10.1. The van der Waals surface area contributed by atoms with Crippen molar-refractivity contribution in [2.75, 3.05) is 31.1 Å². The Hall–Kier alpha value is -3.03. The van der Waals surface area contributed by atoms with Crippen LogP contribution in [-0.4, -0.2) is 64.7 Å². The molecule has 0 saturated carbocycles. The molecular formula is C25H35N3O5. The molecule has 8 nitrogen and oxygen atoms in total. The highest BCUT2D eigenvalue weighted by Gasteiger charge is 2.26. The summed E-state index contributed by atoms with van der Waals surface area (Å²) in [7, 11) is 0. The Morgan fingerprint density at radius 1 is 0.909 bits per heavy atom. The molecule has 1 aromatic carbocycles. The zero-order valence-electron chi connectivity index (χ0n) is 20.7. The maximum Gasteiger partial charge on any atom is 0.410 e. The number of hydrogen-bond donors (Lipinski definition) is 0. The number of esters is 1. The average molecular weight is 458 g/mol. The Morgan fingerprint density at radius 2 is 1.52 bits per heavy atom. The molecule has 0 bridgehead atoms. The fourth-order valence-electron chi connectivity index (χ4n) is 3.88. The van der Waals surface area contributed by atoms with Gasteiger partial charge in [0.2, 0.25) is 0 Å². The average Bonchev–Trinajstić information content (AvgIpc) is 3.03. The molecule has 0 radical (unpaired) electrons. The van der Waals surface area contributed by atoms with E-state index >= 15 is 0 Å². The standard InChI is InChI=1S/C25H35N3O5/c1-17(29)20-15-28(16-22(30)32-24(2,3)4)21-9-8-18(14-19(20)21)26-10-12-27(13-11-26)23(31)33-25(5,6)7/h8-9,14-15H,10-13,16H2,1-7H3. The van der Waals surface area contributed by atoms with Crippen LogP contribution in [0.15, 0.2) is 24.4 Å². The van der Waals surface area contributed by atoms with Crippen LogP contribution in [0.4, 0.5) is 10.5 Å². The van der Waals surface area contributed by atoms with E-state index < -0.39 is 11.2 Å². The zero-order chi connectivity index (χ0) is 24.6. The molecule has 1 aliphatic heterocycles. The van der Waals surface area contributed by atoms with Crippen molar-refractivity contribution < 1.29 is 23.9 Å². The van der Waals surface area contributed by atoms with Crippen molar-refractivity contribution in [2.24, 2.45) is 0 Å². The van der Waals surface area contributed by atoms with Gasteiger partial charge in [-0.25, -0.2) is 4.79 Å². The summed E-state index contributed by atoms with van der Waals surface area (Å²) in [5.41, 5.74) is 1.27. The number of anilines is 1. The first-order valence-corrected chi connectivity index (χ1v) is 11.3. The van der Waals surface area contributed by atoms with Gasteiger partial charge >= 0.3 is 12.1 Å². The van der Waals surface area contributed by atoms with Crippen LogP contribution in [0, 0.1) is 0 Å². The third-order valence-corrected chi connectivity index (χ3v) is 5.26. The summed E-state index contributed by atoms with van der Waals surface area (Å²) < 4.78 is 12.7. The van der Waals surface area contributed by atoms with Gasteiger partial charge in [0.05, 0.1) is 0 Å². The molecular weight excluding hydrogens is 422 g/mol. The number of ketones is 1. The van der Waals surface area contributed by atoms with E-state index in [2.05, 4.69) is 4.90 Å². The SMILES string of the molecule is CC(=O)c1cn(CC(=O)OC(C)(C)C)c2ccc(N3CCN(C(=O)OC(C)(C)C)CC3)cc12. The van der Waals surface area contributed by atoms with Crippen LogP contribution in [0.1, 0.15) is 58.8 Å². The molecule has 1 saturated heterocycles. The van der Waals surface area contributed by atoms with E-state index in [0.29, 0.717) is 31.7 Å². The number of hydrogen-bond acceptors (Lipinski definition) is 6. The second-order valence-electron chi connectivity index (χ2n) is 10.5. The third-order valence-electron chi connectivity index (χ3n) is 5.26. The van der Waals surface area contributed by atoms with E-state index in [1.807, 2.05) is 59.7 Å². The number of Topliss-reactive ketones (excluding diaryl/α,β-unsaturated/α-hetero) is 1. The van der Waals surface area contributed by atoms with E-state index in [4.69, 9.17) is 9.47 Å². The van der Waals surface area contributed by atoms with Crippen LogP contribution in [0.25, 0.3) is 10.9 Å². The van der Waals surface area contributed by atoms with Crippen LogP contribution in [0.3, 0.4) is 0 Å². The van der Waals surface area contributed by atoms with Crippen LogP contribution < -0.4 is 4.90 Å². The van der Waals surface area contributed by atoms with Gasteiger partial charge in [-0.15, -0.1) is 0 Å². The Kier molecular flexibility index (Phi) is 6.77. The molecule has 0 aliphatic carbocycles. The Balaban J connectivity index is 1.78. The second-order valence-corrected chi connectivity index (χ2v) is 10.5. The van der Waals surface area contributed by atoms with E-state index in [0.717, 1.165) is 16.6 Å². The molecule has 0 spiro atoms. The number of fused-ring (bicyclic) bond motifs is 1. The molecule has 3 rings (SSSR count). The van der Waals surface area contributed by atoms with Crippen molar-refractivity contribution in [1.29, 1.82) is 0 Å². The van der Waals surface area contributed by atoms with Crippen LogP contribution in [-0.2, 0) is 20.8 Å². The minimum Gasteiger partial charge on any atom is -0.459 e. The first-order valence-electron chi connectivity index (χ1n) is 11.3. The molecule has 8 heteroatoms. The van der Waals surface area contributed by atoms with Gasteiger partial charge in [-0.3, -0.25) is 9.59 Å². The van der Waals surface area contributed by atoms with Gasteiger partial charge in [0.15, 0.2) is 5.78 Å². The van der Waals surface area contributed by atoms with Gasteiger partial charge in [-0.1, -0.05) is 0 Å². The summed E-state index contributed by atoms with van der Waals surface area (Å²) in [4.78, 5) is 40.9. The molecule has 0 unspecified atom stereocenters. The highest BCUT2D eigenvalue weighted by molar-refractivity contribution is 6.08. The highest BCUT2D eigenvalue weighted by Crippen LogP contribution is 2.28. The molecule has 1 amide bonds. The number of carbonyl (C=O) groups excluding carboxylic acids is 3. The number of nitrogens with zero attached hydrogens (tertiary/aromatic N) is 3. The maximum absolute atomic E-state index is 12.4. The van der Waals surface area contributed by atoms with E-state index in [-0.39, 0.29) is 24.4 Å². The molecule has 180 valence electrons. The minimum atomic E-state index is -0.571. The predicted molar refractivity (Wildman–Crippen MR) is 128 cm³/mol. The molecule has 33 heavy (non-hydrogen) atoms. The molecule has 2 heterocycles. The number of benzene rings is 1. The molecule has 1 aliphatic rings. The lowest BCUT2D eigenvalue weighted by Crippen LogP contribution is -2.50. The lowest BCUT2D eigenvalue weighted by Gasteiger charge is -2.36. The minimum absolute atomic E-state index is 0.0367. The lowest BCUT2D eigenvalue weighted by molar-refractivity contribution is -0.155. The summed E-state index contributed by atoms with van der Waals surface area (Å²) >= 11 is 0. The first-order chi connectivity index (χ1) is 15.2. The first kappa shape index (κ1) is 24.6. The number of amides is 1. The summed E-state index contributed by atoms with van der Waals surface area (Å²) in [5, 5.41) is 0.804. The largest absolute Gasteiger partial charge is 0.459 e. The Morgan fingerprint density at radius 3 is 2.06 bits per heavy atom. The molecule has 2 aromatic rings. The third kappa shape index (κ3) is 6.27. The van der Waals surface area contributed by atoms with Crippen LogP contribution in [0.5, 0.6) is 0 Å². The van der Waals surface area contributed by atoms with Crippen LogP contribution in [0.2, 0.25) is 0 Å².